The summed E-state index contributed by atoms with van der Waals surface area (Å²) < 4.78 is 2.13. The van der Waals surface area contributed by atoms with E-state index in [0.717, 1.165) is 43.6 Å². The van der Waals surface area contributed by atoms with E-state index in [1.54, 1.807) is 11.8 Å². The van der Waals surface area contributed by atoms with Crippen molar-refractivity contribution in [3.05, 3.63) is 53.3 Å². The molecule has 1 unspecified atom stereocenters. The molecule has 1 aromatic heterocycles. The van der Waals surface area contributed by atoms with E-state index in [9.17, 15) is 4.79 Å². The van der Waals surface area contributed by atoms with Crippen molar-refractivity contribution in [2.45, 2.75) is 44.7 Å². The van der Waals surface area contributed by atoms with Crippen LogP contribution in [0.15, 0.2) is 51.3 Å². The molecule has 0 radical (unpaired) electrons. The zero-order valence-electron chi connectivity index (χ0n) is 18.6. The molecule has 8 nitrogen and oxygen atoms in total. The van der Waals surface area contributed by atoms with Crippen molar-refractivity contribution in [2.24, 2.45) is 21.5 Å². The van der Waals surface area contributed by atoms with E-state index in [0.29, 0.717) is 11.9 Å². The second-order valence-electron chi connectivity index (χ2n) is 7.50. The molecule has 170 valence electrons. The predicted molar refractivity (Wildman–Crippen MR) is 134 cm³/mol. The van der Waals surface area contributed by atoms with Crippen molar-refractivity contribution in [1.82, 2.24) is 14.5 Å². The highest BCUT2D eigenvalue weighted by molar-refractivity contribution is 8.26. The first kappa shape index (κ1) is 24.1. The molecule has 4 N–H and O–H groups in total. The largest absolute Gasteiger partial charge is 0.378 e. The Balaban J connectivity index is 1.65. The molecular formula is C22H29N7OS2. The second kappa shape index (κ2) is 10.8. The lowest BCUT2D eigenvalue weighted by Gasteiger charge is -2.28. The lowest BCUT2D eigenvalue weighted by Crippen LogP contribution is -2.30. The van der Waals surface area contributed by atoms with Crippen molar-refractivity contribution >= 4 is 45.6 Å². The number of aryl methyl sites for hydroxylation is 1. The van der Waals surface area contributed by atoms with Crippen LogP contribution >= 0.6 is 23.5 Å². The Morgan fingerprint density at radius 3 is 2.75 bits per heavy atom. The maximum Gasteiger partial charge on any atom is 0.244 e. The van der Waals surface area contributed by atoms with E-state index in [2.05, 4.69) is 63.1 Å². The number of aliphatic imine (C=N–C) groups is 2. The van der Waals surface area contributed by atoms with Crippen LogP contribution < -0.4 is 11.5 Å². The number of imidazole rings is 1. The minimum absolute atomic E-state index is 0.0653. The molecule has 32 heavy (non-hydrogen) atoms. The smallest absolute Gasteiger partial charge is 0.244 e. The van der Waals surface area contributed by atoms with Crippen LogP contribution in [0.4, 0.5) is 5.82 Å². The Kier molecular flexibility index (Phi) is 8.16. The zero-order chi connectivity index (χ0) is 23.3. The van der Waals surface area contributed by atoms with E-state index in [1.165, 1.54) is 22.9 Å². The van der Waals surface area contributed by atoms with Gasteiger partial charge in [0.15, 0.2) is 16.2 Å². The average molecular weight is 472 g/mol. The molecule has 2 aromatic rings. The first-order valence-corrected chi connectivity index (χ1v) is 12.0. The predicted octanol–water partition coefficient (Wildman–Crippen LogP) is 3.59. The Labute approximate surface area is 197 Å². The SMILES string of the molecule is C=CSc1ccc(C(C)N2CCc3nc(/N=C(\N)SC(N)=NC(C)=O)cn3CC2)cc1C. The third-order valence-corrected chi connectivity index (χ3v) is 6.72. The molecule has 0 bridgehead atoms. The second-order valence-corrected chi connectivity index (χ2v) is 9.55. The molecule has 10 heteroatoms. The van der Waals surface area contributed by atoms with E-state index in [1.807, 2.05) is 11.6 Å². The van der Waals surface area contributed by atoms with Gasteiger partial charge in [-0.25, -0.2) is 9.98 Å². The zero-order valence-corrected chi connectivity index (χ0v) is 20.2. The number of nitrogens with two attached hydrogens (primary N) is 2. The molecule has 1 atom stereocenters. The number of amidine groups is 2. The number of rotatable bonds is 5. The summed E-state index contributed by atoms with van der Waals surface area (Å²) in [6.45, 7) is 12.2. The van der Waals surface area contributed by atoms with Gasteiger partial charge in [0.05, 0.1) is 6.20 Å². The van der Waals surface area contributed by atoms with Gasteiger partial charge in [-0.2, -0.15) is 4.99 Å². The van der Waals surface area contributed by atoms with Crippen molar-refractivity contribution in [3.8, 4) is 0 Å². The van der Waals surface area contributed by atoms with Crippen LogP contribution in [0.25, 0.3) is 0 Å². The molecule has 1 amide bonds. The third-order valence-electron chi connectivity index (χ3n) is 5.24. The summed E-state index contributed by atoms with van der Waals surface area (Å²) in [5.41, 5.74) is 14.2. The van der Waals surface area contributed by atoms with E-state index in [4.69, 9.17) is 11.5 Å². The normalized spacial score (nSPS) is 16.3. The fraction of sp³-hybridized carbons (Fsp3) is 0.364. The number of hydrogen-bond donors (Lipinski definition) is 2. The maximum atomic E-state index is 11.0. The lowest BCUT2D eigenvalue weighted by molar-refractivity contribution is -0.115. The Morgan fingerprint density at radius 1 is 1.28 bits per heavy atom. The lowest BCUT2D eigenvalue weighted by atomic mass is 10.0. The fourth-order valence-corrected chi connectivity index (χ4v) is 4.75. The molecule has 0 aliphatic carbocycles. The molecule has 1 aromatic carbocycles. The van der Waals surface area contributed by atoms with Crippen LogP contribution in [0.5, 0.6) is 0 Å². The van der Waals surface area contributed by atoms with Crippen molar-refractivity contribution in [1.29, 1.82) is 0 Å². The van der Waals surface area contributed by atoms with Crippen LogP contribution in [-0.4, -0.2) is 43.8 Å². The highest BCUT2D eigenvalue weighted by atomic mass is 32.2. The van der Waals surface area contributed by atoms with Crippen LogP contribution in [-0.2, 0) is 17.8 Å². The van der Waals surface area contributed by atoms with Gasteiger partial charge in [0.2, 0.25) is 5.91 Å². The minimum atomic E-state index is -0.378. The summed E-state index contributed by atoms with van der Waals surface area (Å²) in [5.74, 6) is 1.14. The number of fused-ring (bicyclic) bond motifs is 1. The van der Waals surface area contributed by atoms with Gasteiger partial charge < -0.3 is 16.0 Å². The van der Waals surface area contributed by atoms with Gasteiger partial charge in [-0.15, -0.1) is 0 Å². The number of hydrogen-bond acceptors (Lipinski definition) is 6. The van der Waals surface area contributed by atoms with Gasteiger partial charge in [0.1, 0.15) is 5.82 Å². The Hall–Kier alpha value is -2.56. The molecule has 3 rings (SSSR count). The summed E-state index contributed by atoms with van der Waals surface area (Å²) in [6.07, 6.45) is 2.73. The number of carbonyl (C=O) groups is 1. The molecule has 1 aliphatic heterocycles. The Bertz CT molecular complexity index is 1040. The maximum absolute atomic E-state index is 11.0. The average Bonchev–Trinajstić information content (AvgIpc) is 2.98. The van der Waals surface area contributed by atoms with Crippen LogP contribution in [0.1, 0.15) is 36.8 Å². The molecule has 0 spiro atoms. The van der Waals surface area contributed by atoms with Crippen molar-refractivity contribution < 1.29 is 4.79 Å². The topological polar surface area (TPSA) is 115 Å². The summed E-state index contributed by atoms with van der Waals surface area (Å²) in [6, 6.07) is 6.97. The van der Waals surface area contributed by atoms with Gasteiger partial charge in [0.25, 0.3) is 0 Å². The third kappa shape index (κ3) is 6.24. The first-order valence-electron chi connectivity index (χ1n) is 10.3. The standard InChI is InChI=1S/C22H29N7OS2/c1-5-31-18-7-6-17(12-14(18)2)15(3)28-9-8-20-26-19(13-29(20)11-10-28)27-22(24)32-21(23)25-16(4)30/h5-7,12-13,15H,1,8-11H2,2-4H3,(H2,24,27)(H2,23,25,30). The quantitative estimate of drug-likeness (QED) is 0.389. The van der Waals surface area contributed by atoms with Crippen LogP contribution in [0, 0.1) is 6.92 Å². The van der Waals surface area contributed by atoms with Crippen LogP contribution in [0.2, 0.25) is 0 Å². The minimum Gasteiger partial charge on any atom is -0.378 e. The fourth-order valence-electron chi connectivity index (χ4n) is 3.65. The van der Waals surface area contributed by atoms with Gasteiger partial charge in [-0.1, -0.05) is 30.5 Å². The molecule has 0 saturated carbocycles. The van der Waals surface area contributed by atoms with E-state index >= 15 is 0 Å². The molecule has 0 fully saturated rings. The number of benzene rings is 1. The van der Waals surface area contributed by atoms with E-state index in [-0.39, 0.29) is 16.2 Å². The number of aromatic nitrogens is 2. The summed E-state index contributed by atoms with van der Waals surface area (Å²) in [5, 5.41) is 2.13. The Morgan fingerprint density at radius 2 is 2.06 bits per heavy atom. The number of thioether (sulfide) groups is 2. The first-order chi connectivity index (χ1) is 15.3. The molecule has 0 saturated heterocycles. The van der Waals surface area contributed by atoms with Crippen LogP contribution in [0.3, 0.4) is 0 Å². The van der Waals surface area contributed by atoms with E-state index < -0.39 is 0 Å². The number of nitrogens with zero attached hydrogens (tertiary/aromatic N) is 5. The van der Waals surface area contributed by atoms with Crippen molar-refractivity contribution in [2.75, 3.05) is 13.1 Å². The van der Waals surface area contributed by atoms with Gasteiger partial charge in [0, 0.05) is 43.9 Å². The number of carbonyl (C=O) groups excluding carboxylic acids is 1. The van der Waals surface area contributed by atoms with Crippen molar-refractivity contribution in [3.63, 3.8) is 0 Å². The highest BCUT2D eigenvalue weighted by Crippen LogP contribution is 2.29. The van der Waals surface area contributed by atoms with Gasteiger partial charge >= 0.3 is 0 Å². The molecular weight excluding hydrogens is 442 g/mol. The van der Waals surface area contributed by atoms with Gasteiger partial charge in [-0.3, -0.25) is 9.69 Å². The molecule has 1 aliphatic rings. The van der Waals surface area contributed by atoms with Gasteiger partial charge in [-0.05, 0) is 48.2 Å². The summed E-state index contributed by atoms with van der Waals surface area (Å²) in [4.78, 5) is 27.3. The highest BCUT2D eigenvalue weighted by Gasteiger charge is 2.21. The molecule has 2 heterocycles. The summed E-state index contributed by atoms with van der Waals surface area (Å²) in [7, 11) is 0. The summed E-state index contributed by atoms with van der Waals surface area (Å²) >= 11 is 2.60. The number of amides is 1. The monoisotopic (exact) mass is 471 g/mol.